The van der Waals surface area contributed by atoms with Crippen molar-refractivity contribution in [2.45, 2.75) is 175 Å². The lowest BCUT2D eigenvalue weighted by molar-refractivity contribution is -0.163. The van der Waals surface area contributed by atoms with Gasteiger partial charge in [0.1, 0.15) is 71.8 Å². The number of anilines is 1. The van der Waals surface area contributed by atoms with Crippen molar-refractivity contribution in [2.75, 3.05) is 53.6 Å². The summed E-state index contributed by atoms with van der Waals surface area (Å²) in [7, 11) is 5.37. The minimum atomic E-state index is -1.89. The SMILES string of the molecule is Cc1c2oc3c(C)ccc(C(=O)N[C@@H]4C(=O)N[C@H](C(C)C)C(=O)N5[C@H](C(=O)N(C)CC(=O)N(C)[C@@H](C(C)C)C(=O)O[C@@H]4C)[C@@H](O)C[C@@H]5C)c3nc-2c(C(=O)N[C@@H]2C(=O)N[C@H](C(C)C)C(=O)N3CCC[C@H]3C(=O)N(C)CC(=O)N(C)[C@@H](C)C(=O)O[C@@H]2C)c(N)c1=O. The van der Waals surface area contributed by atoms with E-state index in [-0.39, 0.29) is 47.4 Å². The first-order valence-electron chi connectivity index (χ1n) is 30.1. The number of carbonyl (C=O) groups excluding carboxylic acids is 12. The van der Waals surface area contributed by atoms with Crippen molar-refractivity contribution in [2.24, 2.45) is 17.8 Å². The van der Waals surface area contributed by atoms with Crippen molar-refractivity contribution in [3.8, 4) is 11.5 Å². The molecule has 7 N–H and O–H groups in total. The van der Waals surface area contributed by atoms with Crippen molar-refractivity contribution >= 4 is 87.8 Å². The third-order valence-corrected chi connectivity index (χ3v) is 17.6. The molecule has 1 aromatic rings. The predicted molar refractivity (Wildman–Crippen MR) is 322 cm³/mol. The van der Waals surface area contributed by atoms with Crippen LogP contribution in [0.4, 0.5) is 5.69 Å². The molecule has 90 heavy (non-hydrogen) atoms. The lowest BCUT2D eigenvalue weighted by atomic mass is 9.98. The summed E-state index contributed by atoms with van der Waals surface area (Å²) >= 11 is 0. The summed E-state index contributed by atoms with van der Waals surface area (Å²) in [5.41, 5.74) is 3.35. The van der Waals surface area contributed by atoms with Crippen LogP contribution in [0.1, 0.15) is 120 Å². The normalized spacial score (nSPS) is 27.8. The van der Waals surface area contributed by atoms with E-state index in [1.165, 1.54) is 82.7 Å². The van der Waals surface area contributed by atoms with Crippen LogP contribution < -0.4 is 32.4 Å². The molecule has 490 valence electrons. The molecule has 0 spiro atoms. The molecule has 1 aromatic carbocycles. The van der Waals surface area contributed by atoms with Crippen LogP contribution in [0.25, 0.3) is 22.6 Å². The highest BCUT2D eigenvalue weighted by Crippen LogP contribution is 2.36. The molecule has 29 nitrogen and oxygen atoms in total. The van der Waals surface area contributed by atoms with Crippen molar-refractivity contribution in [1.82, 2.24) is 55.7 Å². The number of ether oxygens (including phenoxy) is 2. The van der Waals surface area contributed by atoms with Crippen LogP contribution >= 0.6 is 0 Å². The molecule has 0 unspecified atom stereocenters. The van der Waals surface area contributed by atoms with Crippen LogP contribution in [0.2, 0.25) is 0 Å². The standard InChI is InChI=1S/C61H84N12O17/c1-25(2)41-57(83)72-21-17-18-35(72)56(82)68(13)23-37(75)70(15)31(10)60(86)88-32(11)44(55(81)64-41)67-53(79)39-40(62)49(77)30(9)51-46(39)63-45-34(20-19-28(7)50(45)90-51)52(78)66-43-33(12)89-61(87)47(27(5)6)71(16)38(76)24-69(14)59(85)48-36(74)22-29(8)73(48)58(84)42(26(3)4)65-54(43)80/h19-20,25-27,29,31-33,35-36,41-44,47-48,74H,17-18,21-24,62H2,1-16H3,(H,64,81)(H,65,80)(H,66,78)(H,67,79)/t29-,31-,32+,33+,35-,36-,41+,42+,43-,44-,47-,48-/m0/s1. The number of hydrogen-bond acceptors (Lipinski definition) is 19. The Morgan fingerprint density at radius 3 is 1.80 bits per heavy atom. The number of aromatic nitrogens is 1. The maximum Gasteiger partial charge on any atom is 0.329 e. The summed E-state index contributed by atoms with van der Waals surface area (Å²) in [6, 6.07) is -9.47. The van der Waals surface area contributed by atoms with Gasteiger partial charge in [0.2, 0.25) is 52.7 Å². The molecular weight excluding hydrogens is 1170 g/mol. The number of hydrogen-bond donors (Lipinski definition) is 6. The van der Waals surface area contributed by atoms with Gasteiger partial charge in [0.15, 0.2) is 11.3 Å². The zero-order valence-corrected chi connectivity index (χ0v) is 53.7. The molecule has 0 aromatic heterocycles. The maximum atomic E-state index is 15.1. The molecule has 1 aliphatic carbocycles. The first-order valence-corrected chi connectivity index (χ1v) is 30.1. The van der Waals surface area contributed by atoms with Gasteiger partial charge in [-0.2, -0.15) is 0 Å². The number of rotatable bonds is 7. The molecule has 7 rings (SSSR count). The highest BCUT2D eigenvalue weighted by molar-refractivity contribution is 6.10. The summed E-state index contributed by atoms with van der Waals surface area (Å²) in [5, 5.41) is 21.8. The number of cyclic esters (lactones) is 2. The number of nitrogens with one attached hydrogen (secondary N) is 4. The Morgan fingerprint density at radius 1 is 0.700 bits per heavy atom. The molecule has 4 saturated heterocycles. The van der Waals surface area contributed by atoms with Crippen LogP contribution in [0.15, 0.2) is 21.3 Å². The Morgan fingerprint density at radius 2 is 1.23 bits per heavy atom. The third-order valence-electron chi connectivity index (χ3n) is 17.6. The number of carbonyl (C=O) groups is 12. The van der Waals surface area contributed by atoms with E-state index in [4.69, 9.17) is 24.6 Å². The molecule has 6 aliphatic rings. The third kappa shape index (κ3) is 13.4. The summed E-state index contributed by atoms with van der Waals surface area (Å²) < 4.78 is 18.1. The van der Waals surface area contributed by atoms with Crippen molar-refractivity contribution < 1.29 is 76.5 Å². The highest BCUT2D eigenvalue weighted by Gasteiger charge is 2.50. The Hall–Kier alpha value is -8.76. The first-order chi connectivity index (χ1) is 42.0. The maximum absolute atomic E-state index is 15.1. The average Bonchev–Trinajstić information content (AvgIpc) is 0.915. The van der Waals surface area contributed by atoms with Gasteiger partial charge in [0.05, 0.1) is 36.0 Å². The molecule has 0 bridgehead atoms. The number of nitrogens with zero attached hydrogens (tertiary/aromatic N) is 7. The van der Waals surface area contributed by atoms with Crippen molar-refractivity contribution in [1.29, 1.82) is 0 Å². The van der Waals surface area contributed by atoms with Crippen LogP contribution in [0, 0.1) is 31.6 Å². The zero-order valence-electron chi connectivity index (χ0n) is 53.7. The molecule has 4 fully saturated rings. The van der Waals surface area contributed by atoms with Gasteiger partial charge >= 0.3 is 11.9 Å². The average molecular weight is 1260 g/mol. The fourth-order valence-electron chi connectivity index (χ4n) is 12.0. The number of fused-ring (bicyclic) bond motifs is 4. The summed E-state index contributed by atoms with van der Waals surface area (Å²) in [5.74, 6) is -12.7. The molecule has 5 heterocycles. The second-order valence-corrected chi connectivity index (χ2v) is 25.2. The molecule has 0 saturated carbocycles. The van der Waals surface area contributed by atoms with Crippen molar-refractivity contribution in [3.63, 3.8) is 0 Å². The Bertz CT molecular complexity index is 3440. The fraction of sp³-hybridized carbons (Fsp3) is 0.607. The fourth-order valence-corrected chi connectivity index (χ4v) is 12.0. The number of esters is 2. The van der Waals surface area contributed by atoms with Gasteiger partial charge in [-0.15, -0.1) is 0 Å². The van der Waals surface area contributed by atoms with Gasteiger partial charge in [0.25, 0.3) is 11.8 Å². The quantitative estimate of drug-likeness (QED) is 0.0982. The lowest BCUT2D eigenvalue weighted by Crippen LogP contribution is -2.62. The van der Waals surface area contributed by atoms with Gasteiger partial charge in [-0.25, -0.2) is 14.6 Å². The van der Waals surface area contributed by atoms with E-state index in [1.54, 1.807) is 55.4 Å². The minimum absolute atomic E-state index is 0.0194. The number of likely N-dealkylation sites (N-methyl/N-ethyl adjacent to an activating group) is 4. The molecule has 12 atom stereocenters. The predicted octanol–water partition coefficient (Wildman–Crippen LogP) is -0.551. The Kier molecular flexibility index (Phi) is 20.7. The van der Waals surface area contributed by atoms with Gasteiger partial charge in [0, 0.05) is 46.3 Å². The monoisotopic (exact) mass is 1260 g/mol. The van der Waals surface area contributed by atoms with Crippen LogP contribution in [-0.4, -0.2) is 231 Å². The van der Waals surface area contributed by atoms with E-state index >= 15 is 9.59 Å². The molecule has 29 heteroatoms. The van der Waals surface area contributed by atoms with Crippen LogP contribution in [-0.2, 0) is 57.4 Å². The topological polar surface area (TPSA) is 380 Å². The Labute approximate surface area is 520 Å². The van der Waals surface area contributed by atoms with Crippen LogP contribution in [0.3, 0.4) is 0 Å². The van der Waals surface area contributed by atoms with Gasteiger partial charge in [-0.1, -0.05) is 47.6 Å². The number of aliphatic hydroxyl groups is 1. The lowest BCUT2D eigenvalue weighted by Gasteiger charge is -2.37. The van der Waals surface area contributed by atoms with Crippen molar-refractivity contribution in [3.05, 3.63) is 44.6 Å². The number of aryl methyl sites for hydroxylation is 1. The summed E-state index contributed by atoms with van der Waals surface area (Å²) in [4.78, 5) is 198. The van der Waals surface area contributed by atoms with E-state index in [0.717, 1.165) is 14.7 Å². The van der Waals surface area contributed by atoms with Gasteiger partial charge in [-0.05, 0) is 90.2 Å². The Balaban J connectivity index is 1.32. The van der Waals surface area contributed by atoms with E-state index in [1.807, 2.05) is 0 Å². The number of aliphatic hydroxyl groups excluding tert-OH is 1. The second-order valence-electron chi connectivity index (χ2n) is 25.2. The highest BCUT2D eigenvalue weighted by atomic mass is 16.6. The number of nitrogen functional groups attached to an aromatic ring is 1. The van der Waals surface area contributed by atoms with E-state index < -0.39 is 197 Å². The van der Waals surface area contributed by atoms with E-state index in [9.17, 15) is 57.8 Å². The van der Waals surface area contributed by atoms with Gasteiger partial charge < -0.3 is 75.4 Å². The second kappa shape index (κ2) is 27.1. The number of nitrogens with two attached hydrogens (primary N) is 1. The number of amides is 10. The molecule has 10 amide bonds. The largest absolute Gasteiger partial charge is 0.458 e. The summed E-state index contributed by atoms with van der Waals surface area (Å²) in [6.45, 7) is 17.4. The molecule has 5 aliphatic heterocycles. The molecule has 0 radical (unpaired) electrons. The minimum Gasteiger partial charge on any atom is -0.458 e. The van der Waals surface area contributed by atoms with E-state index in [0.29, 0.717) is 12.0 Å². The van der Waals surface area contributed by atoms with Crippen LogP contribution in [0.5, 0.6) is 0 Å². The van der Waals surface area contributed by atoms with Gasteiger partial charge in [-0.3, -0.25) is 52.7 Å². The zero-order chi connectivity index (χ0) is 67.1. The smallest absolute Gasteiger partial charge is 0.329 e. The molecular formula is C61H84N12O17. The first kappa shape index (κ1) is 68.7. The van der Waals surface area contributed by atoms with E-state index in [2.05, 4.69) is 21.3 Å². The summed E-state index contributed by atoms with van der Waals surface area (Å²) in [6.07, 6.45) is -3.82. The number of benzene rings is 2.